The highest BCUT2D eigenvalue weighted by Gasteiger charge is 2.16. The molecule has 4 rings (SSSR count). The van der Waals surface area contributed by atoms with Crippen LogP contribution in [0.25, 0.3) is 22.2 Å². The van der Waals surface area contributed by atoms with Gasteiger partial charge in [0.1, 0.15) is 0 Å². The molecule has 4 aromatic rings. The lowest BCUT2D eigenvalue weighted by Crippen LogP contribution is -2.25. The molecule has 0 atom stereocenters. The molecule has 1 amide bonds. The summed E-state index contributed by atoms with van der Waals surface area (Å²) in [6.07, 6.45) is 0.589. The number of aromatic nitrogens is 1. The standard InChI is InChI=1S/C27H27N3O4S/c1-2-34-18-8-17-28-35(32,33)22-15-13-21(14-16-22)29-27(31)24-19-26(20-9-4-3-5-10-20)30-25-12-7-6-11-23(24)25/h3-7,9-16,19,28H,2,8,17-18H2,1H3,(H,29,31). The van der Waals surface area contributed by atoms with E-state index in [2.05, 4.69) is 10.0 Å². The minimum Gasteiger partial charge on any atom is -0.382 e. The predicted molar refractivity (Wildman–Crippen MR) is 138 cm³/mol. The summed E-state index contributed by atoms with van der Waals surface area (Å²) in [5.74, 6) is -0.301. The number of carbonyl (C=O) groups excluding carboxylic acids is 1. The predicted octanol–water partition coefficient (Wildman–Crippen LogP) is 4.86. The molecule has 35 heavy (non-hydrogen) atoms. The molecule has 1 heterocycles. The third-order valence-electron chi connectivity index (χ3n) is 5.41. The lowest BCUT2D eigenvalue weighted by molar-refractivity contribution is 0.102. The molecule has 0 bridgehead atoms. The van der Waals surface area contributed by atoms with Gasteiger partial charge in [-0.1, -0.05) is 48.5 Å². The topological polar surface area (TPSA) is 97.4 Å². The Bertz CT molecular complexity index is 1410. The first-order valence-electron chi connectivity index (χ1n) is 11.4. The number of hydrogen-bond acceptors (Lipinski definition) is 5. The van der Waals surface area contributed by atoms with E-state index in [1.165, 1.54) is 12.1 Å². The van der Waals surface area contributed by atoms with Crippen molar-refractivity contribution in [1.82, 2.24) is 9.71 Å². The second-order valence-electron chi connectivity index (χ2n) is 7.86. The summed E-state index contributed by atoms with van der Waals surface area (Å²) in [5.41, 5.74) is 3.31. The average Bonchev–Trinajstić information content (AvgIpc) is 2.88. The van der Waals surface area contributed by atoms with Gasteiger partial charge in [0.2, 0.25) is 10.0 Å². The van der Waals surface area contributed by atoms with Gasteiger partial charge in [0.05, 0.1) is 21.7 Å². The van der Waals surface area contributed by atoms with Crippen LogP contribution in [0.1, 0.15) is 23.7 Å². The fraction of sp³-hybridized carbons (Fsp3) is 0.185. The number of anilines is 1. The first-order valence-corrected chi connectivity index (χ1v) is 12.9. The first kappa shape index (κ1) is 24.5. The summed E-state index contributed by atoms with van der Waals surface area (Å²) in [4.78, 5) is 18.1. The molecule has 0 unspecified atom stereocenters. The van der Waals surface area contributed by atoms with Gasteiger partial charge in [-0.15, -0.1) is 0 Å². The second-order valence-corrected chi connectivity index (χ2v) is 9.63. The Morgan fingerprint density at radius 3 is 2.40 bits per heavy atom. The van der Waals surface area contributed by atoms with E-state index in [1.807, 2.05) is 61.5 Å². The van der Waals surface area contributed by atoms with Crippen LogP contribution in [0.15, 0.2) is 89.8 Å². The summed E-state index contributed by atoms with van der Waals surface area (Å²) in [6, 6.07) is 25.0. The maximum Gasteiger partial charge on any atom is 0.256 e. The number of carbonyl (C=O) groups is 1. The molecule has 0 saturated carbocycles. The molecule has 8 heteroatoms. The zero-order valence-corrected chi connectivity index (χ0v) is 20.2. The number of rotatable bonds is 10. The Kier molecular flexibility index (Phi) is 7.87. The number of nitrogens with zero attached hydrogens (tertiary/aromatic N) is 1. The number of sulfonamides is 1. The van der Waals surface area contributed by atoms with Crippen LogP contribution in [0.4, 0.5) is 5.69 Å². The zero-order chi connectivity index (χ0) is 24.7. The van der Waals surface area contributed by atoms with E-state index in [0.29, 0.717) is 43.1 Å². The Hall–Kier alpha value is -3.59. The van der Waals surface area contributed by atoms with Gasteiger partial charge in [-0.2, -0.15) is 0 Å². The lowest BCUT2D eigenvalue weighted by Gasteiger charge is -2.11. The minimum absolute atomic E-state index is 0.132. The molecular weight excluding hydrogens is 462 g/mol. The van der Waals surface area contributed by atoms with Gasteiger partial charge in [-0.3, -0.25) is 4.79 Å². The van der Waals surface area contributed by atoms with Gasteiger partial charge in [-0.05, 0) is 49.7 Å². The number of benzene rings is 3. The molecule has 1 aromatic heterocycles. The molecule has 0 aliphatic heterocycles. The monoisotopic (exact) mass is 489 g/mol. The Morgan fingerprint density at radius 2 is 1.66 bits per heavy atom. The normalized spacial score (nSPS) is 11.5. The molecule has 0 spiro atoms. The van der Waals surface area contributed by atoms with Crippen molar-refractivity contribution < 1.29 is 17.9 Å². The third-order valence-corrected chi connectivity index (χ3v) is 6.89. The Morgan fingerprint density at radius 1 is 0.943 bits per heavy atom. The average molecular weight is 490 g/mol. The van der Waals surface area contributed by atoms with Crippen LogP contribution in [0.2, 0.25) is 0 Å². The molecule has 0 aliphatic carbocycles. The van der Waals surface area contributed by atoms with Crippen LogP contribution >= 0.6 is 0 Å². The van der Waals surface area contributed by atoms with Crippen LogP contribution in [-0.4, -0.2) is 39.1 Å². The van der Waals surface area contributed by atoms with E-state index < -0.39 is 10.0 Å². The highest BCUT2D eigenvalue weighted by Crippen LogP contribution is 2.26. The summed E-state index contributed by atoms with van der Waals surface area (Å²) < 4.78 is 32.8. The SMILES string of the molecule is CCOCCCNS(=O)(=O)c1ccc(NC(=O)c2cc(-c3ccccc3)nc3ccccc23)cc1. The van der Waals surface area contributed by atoms with Gasteiger partial charge in [0.15, 0.2) is 0 Å². The Balaban J connectivity index is 1.52. The van der Waals surface area contributed by atoms with Crippen LogP contribution in [0.5, 0.6) is 0 Å². The van der Waals surface area contributed by atoms with Crippen molar-refractivity contribution >= 4 is 32.5 Å². The molecular formula is C27H27N3O4S. The van der Waals surface area contributed by atoms with E-state index >= 15 is 0 Å². The minimum atomic E-state index is -3.64. The van der Waals surface area contributed by atoms with Crippen LogP contribution in [0.3, 0.4) is 0 Å². The number of para-hydroxylation sites is 1. The number of nitrogens with one attached hydrogen (secondary N) is 2. The van der Waals surface area contributed by atoms with E-state index in [4.69, 9.17) is 9.72 Å². The molecule has 3 aromatic carbocycles. The van der Waals surface area contributed by atoms with Gasteiger partial charge in [0.25, 0.3) is 5.91 Å². The number of hydrogen-bond donors (Lipinski definition) is 2. The number of fused-ring (bicyclic) bond motifs is 1. The van der Waals surface area contributed by atoms with Crippen molar-refractivity contribution in [1.29, 1.82) is 0 Å². The van der Waals surface area contributed by atoms with Crippen molar-refractivity contribution in [3.8, 4) is 11.3 Å². The van der Waals surface area contributed by atoms with Crippen LogP contribution in [-0.2, 0) is 14.8 Å². The van der Waals surface area contributed by atoms with Gasteiger partial charge in [0, 0.05) is 36.4 Å². The molecule has 0 fully saturated rings. The molecule has 180 valence electrons. The summed E-state index contributed by atoms with van der Waals surface area (Å²) >= 11 is 0. The van der Waals surface area contributed by atoms with Gasteiger partial charge < -0.3 is 10.1 Å². The summed E-state index contributed by atoms with van der Waals surface area (Å²) in [7, 11) is -3.64. The highest BCUT2D eigenvalue weighted by atomic mass is 32.2. The lowest BCUT2D eigenvalue weighted by atomic mass is 10.0. The van der Waals surface area contributed by atoms with E-state index in [0.717, 1.165) is 16.5 Å². The maximum absolute atomic E-state index is 13.2. The quantitative estimate of drug-likeness (QED) is 0.310. The maximum atomic E-state index is 13.2. The molecule has 7 nitrogen and oxygen atoms in total. The number of amides is 1. The molecule has 2 N–H and O–H groups in total. The highest BCUT2D eigenvalue weighted by molar-refractivity contribution is 7.89. The van der Waals surface area contributed by atoms with Crippen molar-refractivity contribution in [3.05, 3.63) is 90.5 Å². The van der Waals surface area contributed by atoms with Crippen molar-refractivity contribution in [2.75, 3.05) is 25.1 Å². The van der Waals surface area contributed by atoms with Crippen LogP contribution < -0.4 is 10.0 Å². The largest absolute Gasteiger partial charge is 0.382 e. The smallest absolute Gasteiger partial charge is 0.256 e. The van der Waals surface area contributed by atoms with E-state index in [1.54, 1.807) is 18.2 Å². The van der Waals surface area contributed by atoms with Gasteiger partial charge >= 0.3 is 0 Å². The summed E-state index contributed by atoms with van der Waals surface area (Å²) in [6.45, 7) is 3.28. The van der Waals surface area contributed by atoms with Crippen molar-refractivity contribution in [3.63, 3.8) is 0 Å². The van der Waals surface area contributed by atoms with Crippen LogP contribution in [0, 0.1) is 0 Å². The van der Waals surface area contributed by atoms with Gasteiger partial charge in [-0.25, -0.2) is 18.1 Å². The fourth-order valence-electron chi connectivity index (χ4n) is 3.64. The molecule has 0 aliphatic rings. The third kappa shape index (κ3) is 6.10. The molecule has 0 radical (unpaired) electrons. The van der Waals surface area contributed by atoms with E-state index in [9.17, 15) is 13.2 Å². The molecule has 0 saturated heterocycles. The van der Waals surface area contributed by atoms with Crippen molar-refractivity contribution in [2.45, 2.75) is 18.2 Å². The fourth-order valence-corrected chi connectivity index (χ4v) is 4.72. The first-order chi connectivity index (χ1) is 17.0. The Labute approximate surface area is 205 Å². The zero-order valence-electron chi connectivity index (χ0n) is 19.4. The number of pyridine rings is 1. The number of ether oxygens (including phenoxy) is 1. The summed E-state index contributed by atoms with van der Waals surface area (Å²) in [5, 5.41) is 3.61. The van der Waals surface area contributed by atoms with E-state index in [-0.39, 0.29) is 10.8 Å². The second kappa shape index (κ2) is 11.2. The van der Waals surface area contributed by atoms with Crippen molar-refractivity contribution in [2.24, 2.45) is 0 Å².